The summed E-state index contributed by atoms with van der Waals surface area (Å²) in [4.78, 5) is 26.2. The Morgan fingerprint density at radius 1 is 0.903 bits per heavy atom. The van der Waals surface area contributed by atoms with E-state index >= 15 is 0 Å². The third-order valence-electron chi connectivity index (χ3n) is 4.61. The summed E-state index contributed by atoms with van der Waals surface area (Å²) in [6, 6.07) is 20.1. The predicted octanol–water partition coefficient (Wildman–Crippen LogP) is 4.75. The van der Waals surface area contributed by atoms with Gasteiger partial charge in [-0.15, -0.1) is 11.8 Å². The lowest BCUT2D eigenvalue weighted by molar-refractivity contribution is -0.113. The van der Waals surface area contributed by atoms with Gasteiger partial charge in [0.25, 0.3) is 5.91 Å². The van der Waals surface area contributed by atoms with E-state index in [1.807, 2.05) is 49.4 Å². The van der Waals surface area contributed by atoms with Crippen LogP contribution >= 0.6 is 11.8 Å². The minimum absolute atomic E-state index is 0.198. The monoisotopic (exact) mass is 434 g/mol. The zero-order valence-electron chi connectivity index (χ0n) is 17.0. The zero-order chi connectivity index (χ0) is 21.6. The van der Waals surface area contributed by atoms with Gasteiger partial charge in [-0.2, -0.15) is 0 Å². The highest BCUT2D eigenvalue weighted by molar-refractivity contribution is 8.00. The Hall–Kier alpha value is -3.45. The number of carbonyl (C=O) groups excluding carboxylic acids is 2. The lowest BCUT2D eigenvalue weighted by Gasteiger charge is -2.18. The molecule has 0 unspecified atom stereocenters. The minimum Gasteiger partial charge on any atom is -0.486 e. The van der Waals surface area contributed by atoms with Crippen LogP contribution in [0.15, 0.2) is 71.6 Å². The van der Waals surface area contributed by atoms with Crippen LogP contribution in [-0.4, -0.2) is 30.8 Å². The van der Waals surface area contributed by atoms with Crippen LogP contribution in [0.1, 0.15) is 15.9 Å². The Morgan fingerprint density at radius 2 is 1.71 bits per heavy atom. The van der Waals surface area contributed by atoms with Crippen molar-refractivity contribution in [3.8, 4) is 11.5 Å². The highest BCUT2D eigenvalue weighted by atomic mass is 32.2. The number of carbonyl (C=O) groups is 2. The molecule has 0 bridgehead atoms. The maximum atomic E-state index is 12.8. The Morgan fingerprint density at radius 3 is 2.55 bits per heavy atom. The highest BCUT2D eigenvalue weighted by Gasteiger charge is 2.15. The molecule has 0 saturated carbocycles. The Balaban J connectivity index is 1.39. The number of ether oxygens (including phenoxy) is 2. The Labute approximate surface area is 185 Å². The number of thioether (sulfide) groups is 1. The van der Waals surface area contributed by atoms with E-state index in [0.717, 1.165) is 10.5 Å². The summed E-state index contributed by atoms with van der Waals surface area (Å²) in [5, 5.41) is 5.72. The predicted molar refractivity (Wildman–Crippen MR) is 122 cm³/mol. The molecule has 31 heavy (non-hydrogen) atoms. The van der Waals surface area contributed by atoms with E-state index in [9.17, 15) is 9.59 Å². The van der Waals surface area contributed by atoms with Crippen LogP contribution < -0.4 is 20.1 Å². The summed E-state index contributed by atoms with van der Waals surface area (Å²) in [7, 11) is 0. The standard InChI is InChI=1S/C24H22N2O4S/c1-16-5-4-6-17(13-16)25-24(28)19-7-2-3-8-20(19)26-23(27)15-31-18-9-10-21-22(14-18)30-12-11-29-21/h2-10,13-14H,11-12,15H2,1H3,(H,25,28)(H,26,27). The lowest BCUT2D eigenvalue weighted by Crippen LogP contribution is -2.19. The van der Waals surface area contributed by atoms with E-state index in [1.165, 1.54) is 11.8 Å². The second kappa shape index (κ2) is 9.57. The Kier molecular flexibility index (Phi) is 6.43. The molecule has 0 fully saturated rings. The van der Waals surface area contributed by atoms with E-state index in [1.54, 1.807) is 24.3 Å². The molecule has 0 saturated heterocycles. The average Bonchev–Trinajstić information content (AvgIpc) is 2.78. The Bertz CT molecular complexity index is 1120. The first-order valence-corrected chi connectivity index (χ1v) is 10.9. The molecule has 3 aromatic rings. The number of hydrogen-bond donors (Lipinski definition) is 2. The topological polar surface area (TPSA) is 76.7 Å². The number of amides is 2. The van der Waals surface area contributed by atoms with Crippen LogP contribution in [0.3, 0.4) is 0 Å². The molecule has 0 atom stereocenters. The van der Waals surface area contributed by atoms with Crippen LogP contribution in [0, 0.1) is 6.92 Å². The van der Waals surface area contributed by atoms with Gasteiger partial charge in [0.15, 0.2) is 11.5 Å². The molecule has 0 aromatic heterocycles. The van der Waals surface area contributed by atoms with E-state index in [4.69, 9.17) is 9.47 Å². The first-order valence-electron chi connectivity index (χ1n) is 9.88. The van der Waals surface area contributed by atoms with Gasteiger partial charge in [0.2, 0.25) is 5.91 Å². The molecule has 7 heteroatoms. The van der Waals surface area contributed by atoms with Gasteiger partial charge in [-0.3, -0.25) is 9.59 Å². The van der Waals surface area contributed by atoms with Gasteiger partial charge >= 0.3 is 0 Å². The van der Waals surface area contributed by atoms with Crippen molar-refractivity contribution in [1.82, 2.24) is 0 Å². The normalized spacial score (nSPS) is 12.2. The maximum absolute atomic E-state index is 12.8. The number of para-hydroxylation sites is 1. The number of rotatable bonds is 6. The summed E-state index contributed by atoms with van der Waals surface area (Å²) in [5.74, 6) is 1.13. The molecule has 0 aliphatic carbocycles. The van der Waals surface area contributed by atoms with Crippen LogP contribution in [-0.2, 0) is 4.79 Å². The molecular weight excluding hydrogens is 412 g/mol. The van der Waals surface area contributed by atoms with E-state index < -0.39 is 0 Å². The lowest BCUT2D eigenvalue weighted by atomic mass is 10.1. The van der Waals surface area contributed by atoms with E-state index in [0.29, 0.717) is 41.7 Å². The van der Waals surface area contributed by atoms with Crippen molar-refractivity contribution in [3.05, 3.63) is 77.9 Å². The van der Waals surface area contributed by atoms with Gasteiger partial charge in [-0.1, -0.05) is 24.3 Å². The summed E-state index contributed by atoms with van der Waals surface area (Å²) in [5.41, 5.74) is 2.64. The second-order valence-corrected chi connectivity index (χ2v) is 8.06. The van der Waals surface area contributed by atoms with Crippen LogP contribution in [0.25, 0.3) is 0 Å². The molecule has 3 aromatic carbocycles. The zero-order valence-corrected chi connectivity index (χ0v) is 17.8. The van der Waals surface area contributed by atoms with Crippen molar-refractivity contribution < 1.29 is 19.1 Å². The molecule has 2 N–H and O–H groups in total. The van der Waals surface area contributed by atoms with Crippen molar-refractivity contribution in [2.45, 2.75) is 11.8 Å². The van der Waals surface area contributed by atoms with Crippen molar-refractivity contribution >= 4 is 35.0 Å². The number of anilines is 2. The second-order valence-electron chi connectivity index (χ2n) is 7.01. The van der Waals surface area contributed by atoms with Crippen LogP contribution in [0.2, 0.25) is 0 Å². The molecule has 158 valence electrons. The molecular formula is C24H22N2O4S. The number of benzene rings is 3. The van der Waals surface area contributed by atoms with Crippen molar-refractivity contribution in [1.29, 1.82) is 0 Å². The molecule has 4 rings (SSSR count). The number of aryl methyl sites for hydroxylation is 1. The van der Waals surface area contributed by atoms with Crippen LogP contribution in [0.5, 0.6) is 11.5 Å². The molecule has 2 amide bonds. The molecule has 1 heterocycles. The van der Waals surface area contributed by atoms with Gasteiger partial charge in [-0.05, 0) is 55.0 Å². The first-order chi connectivity index (χ1) is 15.1. The summed E-state index contributed by atoms with van der Waals surface area (Å²) < 4.78 is 11.1. The smallest absolute Gasteiger partial charge is 0.257 e. The minimum atomic E-state index is -0.277. The van der Waals surface area contributed by atoms with E-state index in [2.05, 4.69) is 10.6 Å². The summed E-state index contributed by atoms with van der Waals surface area (Å²) in [6.07, 6.45) is 0. The highest BCUT2D eigenvalue weighted by Crippen LogP contribution is 2.34. The quantitative estimate of drug-likeness (QED) is 0.548. The third-order valence-corrected chi connectivity index (χ3v) is 5.60. The fraction of sp³-hybridized carbons (Fsp3) is 0.167. The molecule has 6 nitrogen and oxygen atoms in total. The average molecular weight is 435 g/mol. The summed E-state index contributed by atoms with van der Waals surface area (Å²) in [6.45, 7) is 3.02. The van der Waals surface area contributed by atoms with Gasteiger partial charge in [0, 0.05) is 10.6 Å². The van der Waals surface area contributed by atoms with Gasteiger partial charge in [0.05, 0.1) is 17.0 Å². The van der Waals surface area contributed by atoms with Gasteiger partial charge in [-0.25, -0.2) is 0 Å². The number of nitrogens with one attached hydrogen (secondary N) is 2. The van der Waals surface area contributed by atoms with Crippen molar-refractivity contribution in [2.75, 3.05) is 29.6 Å². The fourth-order valence-electron chi connectivity index (χ4n) is 3.16. The maximum Gasteiger partial charge on any atom is 0.257 e. The molecule has 1 aliphatic rings. The van der Waals surface area contributed by atoms with Gasteiger partial charge in [0.1, 0.15) is 13.2 Å². The number of fused-ring (bicyclic) bond motifs is 1. The third kappa shape index (κ3) is 5.38. The molecule has 1 aliphatic heterocycles. The fourth-order valence-corrected chi connectivity index (χ4v) is 3.88. The SMILES string of the molecule is Cc1cccc(NC(=O)c2ccccc2NC(=O)CSc2ccc3c(c2)OCCO3)c1. The van der Waals surface area contributed by atoms with Crippen molar-refractivity contribution in [3.63, 3.8) is 0 Å². The summed E-state index contributed by atoms with van der Waals surface area (Å²) >= 11 is 1.39. The number of hydrogen-bond acceptors (Lipinski definition) is 5. The van der Waals surface area contributed by atoms with Gasteiger partial charge < -0.3 is 20.1 Å². The van der Waals surface area contributed by atoms with Crippen LogP contribution in [0.4, 0.5) is 11.4 Å². The largest absolute Gasteiger partial charge is 0.486 e. The first kappa shape index (κ1) is 20.8. The molecule has 0 radical (unpaired) electrons. The van der Waals surface area contributed by atoms with Crippen molar-refractivity contribution in [2.24, 2.45) is 0 Å². The molecule has 0 spiro atoms. The van der Waals surface area contributed by atoms with E-state index in [-0.39, 0.29) is 17.6 Å².